The molecular formula is C23H32O4S. The van der Waals surface area contributed by atoms with Crippen molar-refractivity contribution in [3.05, 3.63) is 42.0 Å². The van der Waals surface area contributed by atoms with E-state index >= 15 is 0 Å². The highest BCUT2D eigenvalue weighted by atomic mass is 32.2. The Morgan fingerprint density at radius 2 is 1.86 bits per heavy atom. The van der Waals surface area contributed by atoms with Gasteiger partial charge in [-0.2, -0.15) is 0 Å². The monoisotopic (exact) mass is 404 g/mol. The molecule has 0 saturated carbocycles. The number of hydrogen-bond acceptors (Lipinski definition) is 5. The summed E-state index contributed by atoms with van der Waals surface area (Å²) in [7, 11) is 1.72. The van der Waals surface area contributed by atoms with E-state index in [0.717, 1.165) is 23.5 Å². The molecule has 154 valence electrons. The van der Waals surface area contributed by atoms with Gasteiger partial charge in [-0.3, -0.25) is 0 Å². The Kier molecular flexibility index (Phi) is 7.26. The third-order valence-corrected chi connectivity index (χ3v) is 5.61. The molecule has 0 spiro atoms. The molecule has 3 atom stereocenters. The molecule has 2 aromatic rings. The second-order valence-corrected chi connectivity index (χ2v) is 9.30. The number of thioether (sulfide) groups is 1. The number of hydrogen-bond donors (Lipinski definition) is 0. The topological polar surface area (TPSA) is 36.9 Å². The van der Waals surface area contributed by atoms with Crippen molar-refractivity contribution in [3.8, 4) is 5.75 Å². The van der Waals surface area contributed by atoms with Crippen molar-refractivity contribution in [1.29, 1.82) is 0 Å². The summed E-state index contributed by atoms with van der Waals surface area (Å²) in [5.41, 5.74) is 0.876. The minimum atomic E-state index is -0.204. The fraction of sp³-hybridized carbons (Fsp3) is 0.565. The molecule has 1 aliphatic rings. The Hall–Kier alpha value is -1.27. The van der Waals surface area contributed by atoms with Crippen LogP contribution in [0.3, 0.4) is 0 Å². The van der Waals surface area contributed by atoms with Crippen LogP contribution in [0.1, 0.15) is 45.8 Å². The maximum Gasteiger partial charge on any atom is 0.125 e. The van der Waals surface area contributed by atoms with Crippen molar-refractivity contribution >= 4 is 22.5 Å². The standard InChI is InChI=1S/C23H32O4S/c1-6-28-15-25-21-13-20(27-22(21)14-26-23(2,3)4)18-11-16-9-7-8-10-17(16)12-19(18)24-5/h7-12,20-22H,6,13-15H2,1-5H3/t20-,21?,22-/m1/s1. The number of rotatable bonds is 8. The van der Waals surface area contributed by atoms with Crippen LogP contribution in [0.25, 0.3) is 10.8 Å². The largest absolute Gasteiger partial charge is 0.496 e. The zero-order valence-corrected chi connectivity index (χ0v) is 18.4. The van der Waals surface area contributed by atoms with Crippen molar-refractivity contribution < 1.29 is 18.9 Å². The average Bonchev–Trinajstić information content (AvgIpc) is 3.08. The Morgan fingerprint density at radius 3 is 2.50 bits per heavy atom. The second-order valence-electron chi connectivity index (χ2n) is 8.08. The lowest BCUT2D eigenvalue weighted by Crippen LogP contribution is -2.33. The summed E-state index contributed by atoms with van der Waals surface area (Å²) in [4.78, 5) is 0. The quantitative estimate of drug-likeness (QED) is 0.423. The van der Waals surface area contributed by atoms with E-state index in [-0.39, 0.29) is 23.9 Å². The van der Waals surface area contributed by atoms with E-state index in [9.17, 15) is 0 Å². The highest BCUT2D eigenvalue weighted by Crippen LogP contribution is 2.41. The van der Waals surface area contributed by atoms with Crippen LogP contribution in [-0.4, -0.2) is 43.2 Å². The van der Waals surface area contributed by atoms with Crippen molar-refractivity contribution in [2.45, 2.75) is 58.0 Å². The molecule has 5 heteroatoms. The first kappa shape index (κ1) is 21.4. The molecule has 1 saturated heterocycles. The molecule has 4 nitrogen and oxygen atoms in total. The normalized spacial score (nSPS) is 22.7. The summed E-state index contributed by atoms with van der Waals surface area (Å²) >= 11 is 1.78. The first-order valence-corrected chi connectivity index (χ1v) is 11.1. The Labute approximate surface area is 172 Å². The third-order valence-electron chi connectivity index (χ3n) is 4.90. The summed E-state index contributed by atoms with van der Waals surface area (Å²) in [6.07, 6.45) is 0.669. The summed E-state index contributed by atoms with van der Waals surface area (Å²) in [6, 6.07) is 12.6. The van der Waals surface area contributed by atoms with Crippen LogP contribution in [0, 0.1) is 0 Å². The van der Waals surface area contributed by atoms with Gasteiger partial charge in [-0.25, -0.2) is 0 Å². The molecule has 3 rings (SSSR count). The van der Waals surface area contributed by atoms with Gasteiger partial charge in [-0.15, -0.1) is 11.8 Å². The summed E-state index contributed by atoms with van der Waals surface area (Å²) in [6.45, 7) is 8.86. The molecule has 0 bridgehead atoms. The number of fused-ring (bicyclic) bond motifs is 1. The fourth-order valence-electron chi connectivity index (χ4n) is 3.46. The Bertz CT molecular complexity index is 771. The van der Waals surface area contributed by atoms with Gasteiger partial charge in [0.05, 0.1) is 37.5 Å². The minimum Gasteiger partial charge on any atom is -0.496 e. The average molecular weight is 405 g/mol. The third kappa shape index (κ3) is 5.41. The van der Waals surface area contributed by atoms with E-state index in [1.165, 1.54) is 10.8 Å². The minimum absolute atomic E-state index is 0.0163. The van der Waals surface area contributed by atoms with E-state index in [0.29, 0.717) is 12.5 Å². The van der Waals surface area contributed by atoms with E-state index < -0.39 is 0 Å². The molecule has 1 heterocycles. The van der Waals surface area contributed by atoms with E-state index in [2.05, 4.69) is 58.0 Å². The van der Waals surface area contributed by atoms with Gasteiger partial charge >= 0.3 is 0 Å². The summed E-state index contributed by atoms with van der Waals surface area (Å²) in [5.74, 6) is 2.58. The van der Waals surface area contributed by atoms with Crippen LogP contribution in [0.4, 0.5) is 0 Å². The van der Waals surface area contributed by atoms with Crippen LogP contribution in [0.15, 0.2) is 36.4 Å². The Morgan fingerprint density at radius 1 is 1.14 bits per heavy atom. The molecule has 1 aliphatic heterocycles. The van der Waals surface area contributed by atoms with Crippen molar-refractivity contribution in [1.82, 2.24) is 0 Å². The first-order chi connectivity index (χ1) is 13.4. The van der Waals surface area contributed by atoms with E-state index in [1.54, 1.807) is 18.9 Å². The predicted octanol–water partition coefficient (Wildman–Crippen LogP) is 5.59. The van der Waals surface area contributed by atoms with Crippen molar-refractivity contribution in [2.24, 2.45) is 0 Å². The van der Waals surface area contributed by atoms with Gasteiger partial charge in [0, 0.05) is 12.0 Å². The lowest BCUT2D eigenvalue weighted by molar-refractivity contribution is -0.0956. The van der Waals surface area contributed by atoms with Crippen LogP contribution < -0.4 is 4.74 Å². The van der Waals surface area contributed by atoms with Crippen LogP contribution >= 0.6 is 11.8 Å². The molecule has 2 aromatic carbocycles. The molecular weight excluding hydrogens is 372 g/mol. The van der Waals surface area contributed by atoms with Gasteiger partial charge in [-0.1, -0.05) is 31.2 Å². The molecule has 0 radical (unpaired) electrons. The van der Waals surface area contributed by atoms with Crippen LogP contribution in [-0.2, 0) is 14.2 Å². The number of ether oxygens (including phenoxy) is 4. The van der Waals surface area contributed by atoms with Crippen molar-refractivity contribution in [3.63, 3.8) is 0 Å². The molecule has 0 aliphatic carbocycles. The molecule has 28 heavy (non-hydrogen) atoms. The molecule has 0 N–H and O–H groups in total. The van der Waals surface area contributed by atoms with E-state index in [4.69, 9.17) is 18.9 Å². The van der Waals surface area contributed by atoms with Gasteiger partial charge in [0.2, 0.25) is 0 Å². The lowest BCUT2D eigenvalue weighted by Gasteiger charge is -2.25. The summed E-state index contributed by atoms with van der Waals surface area (Å²) in [5, 5.41) is 2.36. The number of methoxy groups -OCH3 is 1. The van der Waals surface area contributed by atoms with Crippen molar-refractivity contribution in [2.75, 3.05) is 25.4 Å². The highest BCUT2D eigenvalue weighted by Gasteiger charge is 2.38. The van der Waals surface area contributed by atoms with E-state index in [1.807, 2.05) is 6.07 Å². The van der Waals surface area contributed by atoms with Crippen LogP contribution in [0.2, 0.25) is 0 Å². The zero-order valence-electron chi connectivity index (χ0n) is 17.6. The smallest absolute Gasteiger partial charge is 0.125 e. The van der Waals surface area contributed by atoms with Crippen LogP contribution in [0.5, 0.6) is 5.75 Å². The van der Waals surface area contributed by atoms with Gasteiger partial charge in [0.25, 0.3) is 0 Å². The van der Waals surface area contributed by atoms with Gasteiger partial charge in [0.1, 0.15) is 11.9 Å². The number of benzene rings is 2. The zero-order chi connectivity index (χ0) is 20.1. The first-order valence-electron chi connectivity index (χ1n) is 9.96. The maximum atomic E-state index is 6.44. The second kappa shape index (κ2) is 9.49. The van der Waals surface area contributed by atoms with Gasteiger partial charge in [0.15, 0.2) is 0 Å². The lowest BCUT2D eigenvalue weighted by atomic mass is 9.99. The SMILES string of the molecule is CCSCOC1C[C@H](c2cc3ccccc3cc2OC)O[C@@H]1COC(C)(C)C. The summed E-state index contributed by atoms with van der Waals surface area (Å²) < 4.78 is 24.3. The predicted molar refractivity (Wildman–Crippen MR) is 116 cm³/mol. The van der Waals surface area contributed by atoms with Gasteiger partial charge in [-0.05, 0) is 49.4 Å². The highest BCUT2D eigenvalue weighted by molar-refractivity contribution is 7.99. The Balaban J connectivity index is 1.82. The van der Waals surface area contributed by atoms with Gasteiger partial charge < -0.3 is 18.9 Å². The maximum absolute atomic E-state index is 6.44. The molecule has 0 aromatic heterocycles. The molecule has 1 fully saturated rings. The molecule has 1 unspecified atom stereocenters. The molecule has 0 amide bonds. The fourth-order valence-corrected chi connectivity index (χ4v) is 3.89.